The maximum absolute atomic E-state index is 14.4. The highest BCUT2D eigenvalue weighted by Crippen LogP contribution is 2.40. The van der Waals surface area contributed by atoms with Gasteiger partial charge in [0, 0.05) is 13.0 Å². The molecule has 1 aliphatic carbocycles. The van der Waals surface area contributed by atoms with Crippen LogP contribution in [0.15, 0.2) is 41.9 Å². The number of β-amino-alcohol motifs (C(OH)–C–C–N with tert-alkyl or cyclic N) is 1. The molecule has 2 aromatic rings. The second-order valence-electron chi connectivity index (χ2n) is 12.2. The SMILES string of the molecule is C=C(C)C[C@H](NC(=O)[C@@H]1C[C@@H](O)CN1C(=O)[C@@H](NC(=O)C1(F)CC1)C(C)(C)C)c1ccc(-c2scnc2C)cc1. The number of aliphatic hydroxyl groups excluding tert-OH is 1. The summed E-state index contributed by atoms with van der Waals surface area (Å²) in [6.45, 7) is 13.1. The minimum atomic E-state index is -1.94. The summed E-state index contributed by atoms with van der Waals surface area (Å²) in [6.07, 6.45) is -0.0710. The van der Waals surface area contributed by atoms with E-state index in [1.165, 1.54) is 4.90 Å². The predicted octanol–water partition coefficient (Wildman–Crippen LogP) is 4.24. The standard InChI is InChI=1S/C30H39FN4O4S/c1-17(2)13-22(19-7-9-20(10-8-19)24-18(3)32-16-40-24)33-26(37)23-14-21(36)15-35(23)27(38)25(29(4,5)6)34-28(39)30(31)11-12-30/h7-10,16,21-23,25,36H,1,11-15H2,2-6H3,(H,33,37)(H,34,39)/t21-,22+,23+,25-/m1/s1. The van der Waals surface area contributed by atoms with E-state index in [-0.39, 0.29) is 25.8 Å². The summed E-state index contributed by atoms with van der Waals surface area (Å²) < 4.78 is 14.4. The average molecular weight is 571 g/mol. The largest absolute Gasteiger partial charge is 0.391 e. The predicted molar refractivity (Wildman–Crippen MR) is 153 cm³/mol. The number of carbonyl (C=O) groups is 3. The molecule has 4 atom stereocenters. The van der Waals surface area contributed by atoms with Crippen molar-refractivity contribution in [3.63, 3.8) is 0 Å². The van der Waals surface area contributed by atoms with E-state index in [0.717, 1.165) is 27.3 Å². The summed E-state index contributed by atoms with van der Waals surface area (Å²) in [5, 5.41) is 16.1. The molecule has 8 nitrogen and oxygen atoms in total. The molecule has 2 fully saturated rings. The molecule has 1 aromatic heterocycles. The monoisotopic (exact) mass is 570 g/mol. The van der Waals surface area contributed by atoms with Gasteiger partial charge in [0.15, 0.2) is 5.67 Å². The molecule has 0 bridgehead atoms. The van der Waals surface area contributed by atoms with Crippen molar-refractivity contribution in [2.24, 2.45) is 5.41 Å². The van der Waals surface area contributed by atoms with E-state index >= 15 is 0 Å². The number of hydrogen-bond acceptors (Lipinski definition) is 6. The zero-order valence-corrected chi connectivity index (χ0v) is 24.6. The third kappa shape index (κ3) is 6.61. The van der Waals surface area contributed by atoms with Gasteiger partial charge >= 0.3 is 0 Å². The first-order chi connectivity index (χ1) is 18.7. The van der Waals surface area contributed by atoms with Crippen LogP contribution in [-0.2, 0) is 14.4 Å². The van der Waals surface area contributed by atoms with Gasteiger partial charge in [0.2, 0.25) is 11.8 Å². The highest BCUT2D eigenvalue weighted by molar-refractivity contribution is 7.13. The van der Waals surface area contributed by atoms with Gasteiger partial charge in [-0.05, 0) is 49.7 Å². The van der Waals surface area contributed by atoms with Crippen molar-refractivity contribution in [2.75, 3.05) is 6.54 Å². The molecule has 4 rings (SSSR count). The van der Waals surface area contributed by atoms with E-state index in [4.69, 9.17) is 0 Å². The first kappa shape index (κ1) is 29.9. The number of hydrogen-bond donors (Lipinski definition) is 3. The highest BCUT2D eigenvalue weighted by atomic mass is 32.1. The molecular weight excluding hydrogens is 531 g/mol. The number of benzene rings is 1. The van der Waals surface area contributed by atoms with Gasteiger partial charge in [0.1, 0.15) is 12.1 Å². The summed E-state index contributed by atoms with van der Waals surface area (Å²) in [5.74, 6) is -1.72. The van der Waals surface area contributed by atoms with Gasteiger partial charge in [-0.15, -0.1) is 17.9 Å². The molecule has 0 spiro atoms. The first-order valence-corrected chi connectivity index (χ1v) is 14.5. The Labute approximate surface area is 239 Å². The molecule has 1 saturated heterocycles. The van der Waals surface area contributed by atoms with Crippen LogP contribution in [0.3, 0.4) is 0 Å². The van der Waals surface area contributed by atoms with E-state index in [1.807, 2.05) is 43.6 Å². The van der Waals surface area contributed by atoms with E-state index in [0.29, 0.717) is 6.42 Å². The van der Waals surface area contributed by atoms with Crippen LogP contribution in [0.1, 0.15) is 70.7 Å². The van der Waals surface area contributed by atoms with Gasteiger partial charge in [-0.2, -0.15) is 0 Å². The summed E-state index contributed by atoms with van der Waals surface area (Å²) in [7, 11) is 0. The van der Waals surface area contributed by atoms with Gasteiger partial charge < -0.3 is 20.6 Å². The van der Waals surface area contributed by atoms with Crippen molar-refractivity contribution in [2.45, 2.75) is 90.2 Å². The normalized spacial score (nSPS) is 21.4. The number of nitrogens with zero attached hydrogens (tertiary/aromatic N) is 2. The second-order valence-corrected chi connectivity index (χ2v) is 13.1. The lowest BCUT2D eigenvalue weighted by atomic mass is 9.85. The number of amides is 3. The van der Waals surface area contributed by atoms with Crippen molar-refractivity contribution in [3.05, 3.63) is 53.2 Å². The van der Waals surface area contributed by atoms with Crippen molar-refractivity contribution >= 4 is 29.1 Å². The number of rotatable bonds is 9. The number of nitrogens with one attached hydrogen (secondary N) is 2. The van der Waals surface area contributed by atoms with Gasteiger partial charge in [0.25, 0.3) is 5.91 Å². The number of likely N-dealkylation sites (tertiary alicyclic amines) is 1. The zero-order valence-electron chi connectivity index (χ0n) is 23.8. The van der Waals surface area contributed by atoms with Crippen LogP contribution in [0.4, 0.5) is 4.39 Å². The van der Waals surface area contributed by atoms with Crippen LogP contribution in [0, 0.1) is 12.3 Å². The molecule has 2 aliphatic rings. The van der Waals surface area contributed by atoms with Gasteiger partial charge in [-0.3, -0.25) is 14.4 Å². The Morgan fingerprint density at radius 2 is 1.88 bits per heavy atom. The van der Waals surface area contributed by atoms with Gasteiger partial charge in [0.05, 0.1) is 28.2 Å². The molecule has 40 heavy (non-hydrogen) atoms. The number of aryl methyl sites for hydroxylation is 1. The summed E-state index contributed by atoms with van der Waals surface area (Å²) in [6, 6.07) is 5.54. The number of halogens is 1. The number of thiazole rings is 1. The summed E-state index contributed by atoms with van der Waals surface area (Å²) in [5.41, 5.74) is 2.89. The lowest BCUT2D eigenvalue weighted by Gasteiger charge is -2.36. The Morgan fingerprint density at radius 3 is 2.40 bits per heavy atom. The quantitative estimate of drug-likeness (QED) is 0.391. The Balaban J connectivity index is 1.53. The number of carbonyl (C=O) groups excluding carboxylic acids is 3. The van der Waals surface area contributed by atoms with E-state index in [1.54, 1.807) is 32.1 Å². The minimum Gasteiger partial charge on any atom is -0.391 e. The lowest BCUT2D eigenvalue weighted by molar-refractivity contribution is -0.145. The van der Waals surface area contributed by atoms with Crippen LogP contribution in [0.5, 0.6) is 0 Å². The maximum atomic E-state index is 14.4. The van der Waals surface area contributed by atoms with Crippen LogP contribution in [-0.4, -0.2) is 63.1 Å². The van der Waals surface area contributed by atoms with Crippen LogP contribution in [0.2, 0.25) is 0 Å². The minimum absolute atomic E-state index is 0.0474. The highest BCUT2D eigenvalue weighted by Gasteiger charge is 2.53. The average Bonchev–Trinajstić information content (AvgIpc) is 3.28. The maximum Gasteiger partial charge on any atom is 0.258 e. The molecule has 1 aliphatic heterocycles. The number of aromatic nitrogens is 1. The Hall–Kier alpha value is -3.11. The van der Waals surface area contributed by atoms with E-state index in [9.17, 15) is 23.9 Å². The van der Waals surface area contributed by atoms with Crippen molar-refractivity contribution < 1.29 is 23.9 Å². The number of aliphatic hydroxyl groups is 1. The third-order valence-corrected chi connectivity index (χ3v) is 8.52. The van der Waals surface area contributed by atoms with E-state index < -0.39 is 53.0 Å². The second kappa shape index (κ2) is 11.4. The molecule has 0 unspecified atom stereocenters. The molecular formula is C30H39FN4O4S. The fraction of sp³-hybridized carbons (Fsp3) is 0.533. The van der Waals surface area contributed by atoms with Gasteiger partial charge in [-0.1, -0.05) is 50.6 Å². The topological polar surface area (TPSA) is 112 Å². The summed E-state index contributed by atoms with van der Waals surface area (Å²) in [4.78, 5) is 46.6. The Bertz CT molecular complexity index is 1280. The molecule has 1 aromatic carbocycles. The van der Waals surface area contributed by atoms with Crippen LogP contribution >= 0.6 is 11.3 Å². The third-order valence-electron chi connectivity index (χ3n) is 7.54. The smallest absolute Gasteiger partial charge is 0.258 e. The number of alkyl halides is 1. The molecule has 10 heteroatoms. The van der Waals surface area contributed by atoms with Crippen LogP contribution < -0.4 is 10.6 Å². The molecule has 0 radical (unpaired) electrons. The van der Waals surface area contributed by atoms with Crippen LogP contribution in [0.25, 0.3) is 10.4 Å². The van der Waals surface area contributed by atoms with Crippen molar-refractivity contribution in [3.8, 4) is 10.4 Å². The molecule has 1 saturated carbocycles. The molecule has 216 valence electrons. The Morgan fingerprint density at radius 1 is 1.23 bits per heavy atom. The summed E-state index contributed by atoms with van der Waals surface area (Å²) >= 11 is 1.57. The fourth-order valence-corrected chi connectivity index (χ4v) is 5.84. The molecule has 2 heterocycles. The van der Waals surface area contributed by atoms with Crippen molar-refractivity contribution in [1.82, 2.24) is 20.5 Å². The molecule has 3 N–H and O–H groups in total. The molecule has 3 amide bonds. The zero-order chi connectivity index (χ0) is 29.4. The van der Waals surface area contributed by atoms with Crippen molar-refractivity contribution in [1.29, 1.82) is 0 Å². The fourth-order valence-electron chi connectivity index (χ4n) is 5.03. The van der Waals surface area contributed by atoms with E-state index in [2.05, 4.69) is 22.2 Å². The first-order valence-electron chi connectivity index (χ1n) is 13.6. The Kier molecular flexibility index (Phi) is 8.52. The van der Waals surface area contributed by atoms with Gasteiger partial charge in [-0.25, -0.2) is 9.37 Å². The lowest BCUT2D eigenvalue weighted by Crippen LogP contribution is -2.59.